The van der Waals surface area contributed by atoms with E-state index in [9.17, 15) is 22.8 Å². The van der Waals surface area contributed by atoms with Crippen LogP contribution in [-0.2, 0) is 18.4 Å². The van der Waals surface area contributed by atoms with Gasteiger partial charge in [-0.05, 0) is 39.3 Å². The molecule has 0 heterocycles. The normalized spacial score (nSPS) is 14.5. The van der Waals surface area contributed by atoms with Crippen LogP contribution in [0.3, 0.4) is 0 Å². The standard InChI is InChI=1S/C11H22F3NO4Si2/c1-20(2,3)18-7-8(9(16)19-21(4,5)6)15-10(17)11(12,13)14/h8H,7H2,1-6H3,(H,15,17). The number of alkyl halides is 3. The summed E-state index contributed by atoms with van der Waals surface area (Å²) in [4.78, 5) is 22.9. The van der Waals surface area contributed by atoms with Crippen molar-refractivity contribution in [2.75, 3.05) is 6.61 Å². The Morgan fingerprint density at radius 1 is 1.05 bits per heavy atom. The van der Waals surface area contributed by atoms with Crippen LogP contribution in [0.15, 0.2) is 0 Å². The molecule has 5 nitrogen and oxygen atoms in total. The van der Waals surface area contributed by atoms with Crippen LogP contribution in [0.2, 0.25) is 39.3 Å². The smallest absolute Gasteiger partial charge is 0.471 e. The Bertz CT molecular complexity index is 388. The molecule has 0 aliphatic rings. The van der Waals surface area contributed by atoms with Crippen LogP contribution >= 0.6 is 0 Å². The maximum atomic E-state index is 12.3. The van der Waals surface area contributed by atoms with Gasteiger partial charge in [0.2, 0.25) is 8.32 Å². The maximum Gasteiger partial charge on any atom is 0.471 e. The summed E-state index contributed by atoms with van der Waals surface area (Å²) in [5, 5.41) is 1.63. The number of halogens is 3. The predicted molar refractivity (Wildman–Crippen MR) is 76.7 cm³/mol. The zero-order valence-corrected chi connectivity index (χ0v) is 15.1. The van der Waals surface area contributed by atoms with Gasteiger partial charge in [0.1, 0.15) is 6.04 Å². The zero-order valence-electron chi connectivity index (χ0n) is 13.1. The third-order valence-electron chi connectivity index (χ3n) is 1.94. The molecule has 0 bridgehead atoms. The van der Waals surface area contributed by atoms with Gasteiger partial charge in [-0.15, -0.1) is 0 Å². The Balaban J connectivity index is 4.93. The average molecular weight is 345 g/mol. The first-order valence-electron chi connectivity index (χ1n) is 6.36. The second-order valence-electron chi connectivity index (χ2n) is 6.48. The summed E-state index contributed by atoms with van der Waals surface area (Å²) in [7, 11) is -4.33. The van der Waals surface area contributed by atoms with Crippen molar-refractivity contribution in [3.05, 3.63) is 0 Å². The Hall–Kier alpha value is -0.876. The second-order valence-corrected chi connectivity index (χ2v) is 15.4. The molecule has 21 heavy (non-hydrogen) atoms. The van der Waals surface area contributed by atoms with Crippen molar-refractivity contribution in [2.24, 2.45) is 0 Å². The summed E-state index contributed by atoms with van der Waals surface area (Å²) in [6.07, 6.45) is -5.06. The van der Waals surface area contributed by atoms with Crippen LogP contribution in [0.25, 0.3) is 0 Å². The highest BCUT2D eigenvalue weighted by molar-refractivity contribution is 6.71. The molecule has 1 N–H and O–H groups in total. The first kappa shape index (κ1) is 20.1. The Kier molecular flexibility index (Phi) is 6.63. The number of hydrogen-bond acceptors (Lipinski definition) is 4. The maximum absolute atomic E-state index is 12.3. The van der Waals surface area contributed by atoms with Crippen molar-refractivity contribution >= 4 is 28.5 Å². The molecule has 1 amide bonds. The van der Waals surface area contributed by atoms with E-state index in [0.717, 1.165) is 0 Å². The zero-order chi connectivity index (χ0) is 17.1. The first-order valence-corrected chi connectivity index (χ1v) is 13.2. The van der Waals surface area contributed by atoms with Gasteiger partial charge in [0.15, 0.2) is 8.32 Å². The fourth-order valence-electron chi connectivity index (χ4n) is 1.11. The lowest BCUT2D eigenvalue weighted by molar-refractivity contribution is -0.175. The van der Waals surface area contributed by atoms with Crippen molar-refractivity contribution in [3.8, 4) is 0 Å². The van der Waals surface area contributed by atoms with Gasteiger partial charge in [0, 0.05) is 0 Å². The largest absolute Gasteiger partial charge is 0.518 e. The average Bonchev–Trinajstić information content (AvgIpc) is 2.18. The van der Waals surface area contributed by atoms with Gasteiger partial charge in [-0.2, -0.15) is 13.2 Å². The monoisotopic (exact) mass is 345 g/mol. The van der Waals surface area contributed by atoms with Gasteiger partial charge in [0.25, 0.3) is 0 Å². The van der Waals surface area contributed by atoms with Crippen molar-refractivity contribution < 1.29 is 31.6 Å². The lowest BCUT2D eigenvalue weighted by atomic mass is 10.3. The fourth-order valence-corrected chi connectivity index (χ4v) is 2.53. The van der Waals surface area contributed by atoms with Crippen molar-refractivity contribution in [3.63, 3.8) is 0 Å². The minimum Gasteiger partial charge on any atom is -0.518 e. The molecule has 0 aromatic heterocycles. The van der Waals surface area contributed by atoms with Gasteiger partial charge in [-0.1, -0.05) is 0 Å². The quantitative estimate of drug-likeness (QED) is 0.750. The first-order chi connectivity index (χ1) is 9.12. The Morgan fingerprint density at radius 2 is 1.52 bits per heavy atom. The van der Waals surface area contributed by atoms with Gasteiger partial charge < -0.3 is 14.2 Å². The molecule has 1 atom stereocenters. The Morgan fingerprint density at radius 3 is 1.86 bits per heavy atom. The van der Waals surface area contributed by atoms with E-state index in [0.29, 0.717) is 0 Å². The minimum absolute atomic E-state index is 0.332. The molecule has 0 saturated heterocycles. The molecule has 0 aliphatic carbocycles. The van der Waals surface area contributed by atoms with Gasteiger partial charge in [-0.3, -0.25) is 9.59 Å². The fraction of sp³-hybridized carbons (Fsp3) is 0.818. The number of hydrogen-bond donors (Lipinski definition) is 1. The van der Waals surface area contributed by atoms with E-state index in [1.165, 1.54) is 0 Å². The topological polar surface area (TPSA) is 64.6 Å². The number of rotatable bonds is 6. The van der Waals surface area contributed by atoms with E-state index in [4.69, 9.17) is 8.85 Å². The minimum atomic E-state index is -5.06. The van der Waals surface area contributed by atoms with Gasteiger partial charge >= 0.3 is 18.1 Å². The number of amides is 1. The highest BCUT2D eigenvalue weighted by atomic mass is 28.4. The predicted octanol–water partition coefficient (Wildman–Crippen LogP) is 2.26. The third-order valence-corrected chi connectivity index (χ3v) is 3.78. The molecule has 0 radical (unpaired) electrons. The molecule has 0 rings (SSSR count). The number of nitrogens with one attached hydrogen (secondary N) is 1. The van der Waals surface area contributed by atoms with Gasteiger partial charge in [-0.25, -0.2) is 0 Å². The molecule has 0 saturated carbocycles. The Labute approximate surface area is 124 Å². The molecule has 1 unspecified atom stereocenters. The van der Waals surface area contributed by atoms with Crippen LogP contribution < -0.4 is 5.32 Å². The van der Waals surface area contributed by atoms with Crippen LogP contribution in [0.5, 0.6) is 0 Å². The van der Waals surface area contributed by atoms with Gasteiger partial charge in [0.05, 0.1) is 6.61 Å². The van der Waals surface area contributed by atoms with Crippen LogP contribution in [0.4, 0.5) is 13.2 Å². The molecular weight excluding hydrogens is 323 g/mol. The summed E-state index contributed by atoms with van der Waals surface area (Å²) in [6.45, 7) is 10.3. The van der Waals surface area contributed by atoms with E-state index >= 15 is 0 Å². The molecule has 0 fully saturated rings. The van der Waals surface area contributed by atoms with E-state index in [1.807, 2.05) is 19.6 Å². The summed E-state index contributed by atoms with van der Waals surface area (Å²) >= 11 is 0. The molecule has 10 heteroatoms. The van der Waals surface area contributed by atoms with Crippen molar-refractivity contribution in [2.45, 2.75) is 51.5 Å². The molecule has 124 valence electrons. The second kappa shape index (κ2) is 6.92. The highest BCUT2D eigenvalue weighted by Crippen LogP contribution is 2.15. The summed E-state index contributed by atoms with van der Waals surface area (Å²) in [5.41, 5.74) is 0. The van der Waals surface area contributed by atoms with E-state index in [2.05, 4.69) is 0 Å². The van der Waals surface area contributed by atoms with E-state index in [-0.39, 0.29) is 6.61 Å². The van der Waals surface area contributed by atoms with E-state index in [1.54, 1.807) is 25.0 Å². The highest BCUT2D eigenvalue weighted by Gasteiger charge is 2.41. The SMILES string of the molecule is C[Si](C)(C)OCC(NC(=O)C(F)(F)F)C(=O)O[Si](C)(C)C. The van der Waals surface area contributed by atoms with Crippen LogP contribution in [0, 0.1) is 0 Å². The third kappa shape index (κ3) is 9.64. The number of carbonyl (C=O) groups is 2. The van der Waals surface area contributed by atoms with Crippen molar-refractivity contribution in [1.29, 1.82) is 0 Å². The summed E-state index contributed by atoms with van der Waals surface area (Å²) in [6, 6.07) is -1.46. The molecule has 0 aromatic rings. The van der Waals surface area contributed by atoms with Crippen molar-refractivity contribution in [1.82, 2.24) is 5.32 Å². The summed E-state index contributed by atoms with van der Waals surface area (Å²) < 4.78 is 47.4. The summed E-state index contributed by atoms with van der Waals surface area (Å²) in [5.74, 6) is -3.08. The lowest BCUT2D eigenvalue weighted by Gasteiger charge is -2.26. The molecule has 0 aromatic carbocycles. The van der Waals surface area contributed by atoms with E-state index < -0.39 is 40.7 Å². The molecular formula is C11H22F3NO4Si2. The van der Waals surface area contributed by atoms with Crippen LogP contribution in [0.1, 0.15) is 0 Å². The molecule has 0 aliphatic heterocycles. The molecule has 0 spiro atoms. The number of carbonyl (C=O) groups excluding carboxylic acids is 2. The lowest BCUT2D eigenvalue weighted by Crippen LogP contribution is -2.52. The van der Waals surface area contributed by atoms with Crippen LogP contribution in [-0.4, -0.2) is 47.3 Å².